The van der Waals surface area contributed by atoms with Crippen LogP contribution < -0.4 is 0 Å². The second-order valence-electron chi connectivity index (χ2n) is 6.56. The molecule has 3 aliphatic rings. The average molecular weight is 251 g/mol. The Morgan fingerprint density at radius 2 is 2.11 bits per heavy atom. The Balaban J connectivity index is 1.90. The van der Waals surface area contributed by atoms with Crippen molar-refractivity contribution in [1.82, 2.24) is 4.90 Å². The van der Waals surface area contributed by atoms with Crippen LogP contribution in [0.25, 0.3) is 0 Å². The maximum atomic E-state index is 11.9. The Hall–Kier alpha value is -0.410. The number of piperidine rings is 1. The molecule has 2 heterocycles. The molecule has 0 aromatic rings. The molecule has 3 fully saturated rings. The molecule has 0 aromatic carbocycles. The Bertz CT molecular complexity index is 343. The van der Waals surface area contributed by atoms with Crippen molar-refractivity contribution in [3.63, 3.8) is 0 Å². The van der Waals surface area contributed by atoms with Gasteiger partial charge in [-0.2, -0.15) is 0 Å². The smallest absolute Gasteiger partial charge is 0.138 e. The third-order valence-electron chi connectivity index (χ3n) is 5.53. The van der Waals surface area contributed by atoms with E-state index in [4.69, 9.17) is 4.74 Å². The second-order valence-corrected chi connectivity index (χ2v) is 6.56. The summed E-state index contributed by atoms with van der Waals surface area (Å²) in [6.45, 7) is 2.94. The summed E-state index contributed by atoms with van der Waals surface area (Å²) >= 11 is 0. The number of carbonyl (C=O) groups is 1. The van der Waals surface area contributed by atoms with Crippen molar-refractivity contribution in [2.24, 2.45) is 5.92 Å². The van der Waals surface area contributed by atoms with E-state index < -0.39 is 0 Å². The zero-order valence-electron chi connectivity index (χ0n) is 11.7. The van der Waals surface area contributed by atoms with Gasteiger partial charge in [0.2, 0.25) is 0 Å². The molecule has 2 saturated heterocycles. The summed E-state index contributed by atoms with van der Waals surface area (Å²) in [5.41, 5.74) is -0.119. The number of ketones is 1. The topological polar surface area (TPSA) is 29.5 Å². The van der Waals surface area contributed by atoms with Gasteiger partial charge in [-0.3, -0.25) is 4.79 Å². The Morgan fingerprint density at radius 3 is 2.89 bits per heavy atom. The third kappa shape index (κ3) is 1.92. The van der Waals surface area contributed by atoms with Gasteiger partial charge >= 0.3 is 0 Å². The minimum atomic E-state index is -0.119. The molecule has 1 aliphatic carbocycles. The van der Waals surface area contributed by atoms with E-state index in [9.17, 15) is 4.79 Å². The highest BCUT2D eigenvalue weighted by atomic mass is 16.5. The second kappa shape index (κ2) is 4.61. The van der Waals surface area contributed by atoms with Crippen molar-refractivity contribution in [2.75, 3.05) is 13.7 Å². The molecule has 0 unspecified atom stereocenters. The van der Waals surface area contributed by atoms with Crippen LogP contribution in [0.3, 0.4) is 0 Å². The van der Waals surface area contributed by atoms with E-state index >= 15 is 0 Å². The van der Waals surface area contributed by atoms with Crippen molar-refractivity contribution in [1.29, 1.82) is 0 Å². The number of hydrogen-bond donors (Lipinski definition) is 0. The summed E-state index contributed by atoms with van der Waals surface area (Å²) < 4.78 is 6.22. The van der Waals surface area contributed by atoms with Gasteiger partial charge in [0.05, 0.1) is 12.2 Å². The first kappa shape index (κ1) is 12.6. The summed E-state index contributed by atoms with van der Waals surface area (Å²) in [5.74, 6) is 0.999. The number of rotatable bonds is 0. The molecule has 1 spiro atoms. The van der Waals surface area contributed by atoms with Crippen LogP contribution in [0.5, 0.6) is 0 Å². The third-order valence-corrected chi connectivity index (χ3v) is 5.53. The Morgan fingerprint density at radius 1 is 1.33 bits per heavy atom. The Kier molecular flexibility index (Phi) is 3.23. The normalized spacial score (nSPS) is 46.1. The van der Waals surface area contributed by atoms with Gasteiger partial charge in [-0.05, 0) is 33.2 Å². The highest BCUT2D eigenvalue weighted by molar-refractivity contribution is 5.80. The molecule has 1 saturated carbocycles. The van der Waals surface area contributed by atoms with Gasteiger partial charge in [-0.15, -0.1) is 0 Å². The molecular formula is C15H25NO2. The summed E-state index contributed by atoms with van der Waals surface area (Å²) in [6, 6.07) is 1.17. The number of hydrogen-bond acceptors (Lipinski definition) is 3. The minimum absolute atomic E-state index is 0.119. The Labute approximate surface area is 110 Å². The zero-order valence-corrected chi connectivity index (χ0v) is 11.7. The van der Waals surface area contributed by atoms with E-state index in [2.05, 4.69) is 18.9 Å². The van der Waals surface area contributed by atoms with Crippen LogP contribution in [0.15, 0.2) is 0 Å². The van der Waals surface area contributed by atoms with Gasteiger partial charge in [0.25, 0.3) is 0 Å². The average Bonchev–Trinajstić information content (AvgIpc) is 2.36. The quantitative estimate of drug-likeness (QED) is 0.662. The van der Waals surface area contributed by atoms with Crippen molar-refractivity contribution in [2.45, 2.75) is 69.6 Å². The maximum absolute atomic E-state index is 11.9. The first-order valence-corrected chi connectivity index (χ1v) is 7.50. The SMILES string of the molecule is C[C@H]1C[C@@]2(CC(=O)CCO2)[C@H]2CCCC[C@@H]2N1C. The number of ether oxygens (including phenoxy) is 1. The molecule has 0 N–H and O–H groups in total. The van der Waals surface area contributed by atoms with Crippen LogP contribution in [0.2, 0.25) is 0 Å². The molecule has 4 atom stereocenters. The molecule has 0 bridgehead atoms. The van der Waals surface area contributed by atoms with Gasteiger partial charge < -0.3 is 9.64 Å². The predicted octanol–water partition coefficient (Wildman–Crippen LogP) is 2.39. The van der Waals surface area contributed by atoms with E-state index in [0.717, 1.165) is 6.42 Å². The van der Waals surface area contributed by atoms with Crippen molar-refractivity contribution >= 4 is 5.78 Å². The highest BCUT2D eigenvalue weighted by Crippen LogP contribution is 2.48. The highest BCUT2D eigenvalue weighted by Gasteiger charge is 2.53. The summed E-state index contributed by atoms with van der Waals surface area (Å²) in [6.07, 6.45) is 7.51. The van der Waals surface area contributed by atoms with Gasteiger partial charge in [0.15, 0.2) is 0 Å². The van der Waals surface area contributed by atoms with E-state index in [1.807, 2.05) is 0 Å². The van der Waals surface area contributed by atoms with Crippen LogP contribution in [-0.4, -0.2) is 42.0 Å². The molecule has 3 heteroatoms. The standard InChI is InChI=1S/C15H25NO2/c1-11-9-15(10-12(17)7-8-18-15)13-5-3-4-6-14(13)16(11)2/h11,13-14H,3-10H2,1-2H3/t11-,13-,14-,15+/m0/s1. The lowest BCUT2D eigenvalue weighted by atomic mass is 9.65. The number of Topliss-reactive ketones (excluding diaryl/α,β-unsaturated/α-hetero) is 1. The lowest BCUT2D eigenvalue weighted by Gasteiger charge is -2.57. The lowest BCUT2D eigenvalue weighted by Crippen LogP contribution is -2.63. The van der Waals surface area contributed by atoms with Gasteiger partial charge in [-0.1, -0.05) is 12.8 Å². The van der Waals surface area contributed by atoms with Crippen LogP contribution in [0.1, 0.15) is 51.9 Å². The van der Waals surface area contributed by atoms with Crippen LogP contribution >= 0.6 is 0 Å². The molecule has 0 radical (unpaired) electrons. The van der Waals surface area contributed by atoms with E-state index in [0.29, 0.717) is 43.2 Å². The van der Waals surface area contributed by atoms with Gasteiger partial charge in [0, 0.05) is 30.8 Å². The van der Waals surface area contributed by atoms with Gasteiger partial charge in [0.1, 0.15) is 5.78 Å². The van der Waals surface area contributed by atoms with Crippen molar-refractivity contribution in [3.05, 3.63) is 0 Å². The first-order valence-electron chi connectivity index (χ1n) is 7.50. The lowest BCUT2D eigenvalue weighted by molar-refractivity contribution is -0.185. The van der Waals surface area contributed by atoms with E-state index in [1.165, 1.54) is 25.7 Å². The molecule has 2 aliphatic heterocycles. The molecular weight excluding hydrogens is 226 g/mol. The molecule has 3 nitrogen and oxygen atoms in total. The van der Waals surface area contributed by atoms with Crippen molar-refractivity contribution < 1.29 is 9.53 Å². The largest absolute Gasteiger partial charge is 0.374 e. The van der Waals surface area contributed by atoms with Crippen LogP contribution in [0, 0.1) is 5.92 Å². The monoisotopic (exact) mass is 251 g/mol. The fourth-order valence-corrected chi connectivity index (χ4v) is 4.55. The summed E-state index contributed by atoms with van der Waals surface area (Å²) in [7, 11) is 2.26. The number of likely N-dealkylation sites (tertiary alicyclic amines) is 1. The summed E-state index contributed by atoms with van der Waals surface area (Å²) in [5, 5.41) is 0. The van der Waals surface area contributed by atoms with Crippen molar-refractivity contribution in [3.8, 4) is 0 Å². The molecule has 18 heavy (non-hydrogen) atoms. The van der Waals surface area contributed by atoms with E-state index in [-0.39, 0.29) is 5.60 Å². The fraction of sp³-hybridized carbons (Fsp3) is 0.933. The van der Waals surface area contributed by atoms with Crippen LogP contribution in [0.4, 0.5) is 0 Å². The zero-order chi connectivity index (χ0) is 12.8. The summed E-state index contributed by atoms with van der Waals surface area (Å²) in [4.78, 5) is 14.4. The number of nitrogens with zero attached hydrogens (tertiary/aromatic N) is 1. The van der Waals surface area contributed by atoms with E-state index in [1.54, 1.807) is 0 Å². The number of fused-ring (bicyclic) bond motifs is 2. The minimum Gasteiger partial charge on any atom is -0.374 e. The molecule has 102 valence electrons. The first-order chi connectivity index (χ1) is 8.62. The maximum Gasteiger partial charge on any atom is 0.138 e. The molecule has 3 rings (SSSR count). The van der Waals surface area contributed by atoms with Gasteiger partial charge in [-0.25, -0.2) is 0 Å². The molecule has 0 amide bonds. The predicted molar refractivity (Wildman–Crippen MR) is 70.5 cm³/mol. The number of carbonyl (C=O) groups excluding carboxylic acids is 1. The fourth-order valence-electron chi connectivity index (χ4n) is 4.55. The molecule has 0 aromatic heterocycles. The van der Waals surface area contributed by atoms with Crippen LogP contribution in [-0.2, 0) is 9.53 Å².